The first kappa shape index (κ1) is 15.3. The molecule has 0 aromatic carbocycles. The van der Waals surface area contributed by atoms with E-state index in [0.29, 0.717) is 5.69 Å². The fourth-order valence-corrected chi connectivity index (χ4v) is 4.01. The largest absolute Gasteiger partial charge is 0.465 e. The van der Waals surface area contributed by atoms with E-state index in [0.717, 1.165) is 11.3 Å². The molecule has 21 heavy (non-hydrogen) atoms. The standard InChI is InChI=1S/C11H14N4O4S2/c1-6-9(10(12)13-15(6)2)21(17,18)14-7-4-5-20-8(7)11(16)19-3/h4-5,14H,1-3H3,(H2,12,13). The van der Waals surface area contributed by atoms with Crippen LogP contribution in [0.25, 0.3) is 0 Å². The fourth-order valence-electron chi connectivity index (χ4n) is 1.78. The number of rotatable bonds is 4. The van der Waals surface area contributed by atoms with Crippen molar-refractivity contribution in [1.29, 1.82) is 0 Å². The van der Waals surface area contributed by atoms with Crippen molar-refractivity contribution in [3.8, 4) is 0 Å². The van der Waals surface area contributed by atoms with Gasteiger partial charge in [0.15, 0.2) is 10.7 Å². The summed E-state index contributed by atoms with van der Waals surface area (Å²) in [4.78, 5) is 11.6. The van der Waals surface area contributed by atoms with Gasteiger partial charge in [-0.2, -0.15) is 5.10 Å². The summed E-state index contributed by atoms with van der Waals surface area (Å²) < 4.78 is 33.2. The minimum atomic E-state index is -3.95. The lowest BCUT2D eigenvalue weighted by molar-refractivity contribution is 0.0607. The first-order valence-corrected chi connectivity index (χ1v) is 8.12. The number of carbonyl (C=O) groups excluding carboxylic acids is 1. The van der Waals surface area contributed by atoms with Crippen LogP contribution in [0.1, 0.15) is 15.4 Å². The van der Waals surface area contributed by atoms with Gasteiger partial charge in [0.2, 0.25) is 0 Å². The van der Waals surface area contributed by atoms with E-state index in [-0.39, 0.29) is 21.3 Å². The Morgan fingerprint density at radius 2 is 2.19 bits per heavy atom. The zero-order valence-electron chi connectivity index (χ0n) is 11.6. The molecule has 0 aliphatic rings. The Morgan fingerprint density at radius 1 is 1.52 bits per heavy atom. The number of nitrogens with zero attached hydrogens (tertiary/aromatic N) is 2. The molecular weight excluding hydrogens is 316 g/mol. The monoisotopic (exact) mass is 330 g/mol. The third-order valence-electron chi connectivity index (χ3n) is 2.85. The van der Waals surface area contributed by atoms with E-state index in [2.05, 4.69) is 14.6 Å². The number of hydrogen-bond donors (Lipinski definition) is 2. The average Bonchev–Trinajstić information content (AvgIpc) is 2.93. The number of aryl methyl sites for hydroxylation is 1. The molecule has 114 valence electrons. The minimum absolute atomic E-state index is 0.0997. The molecule has 10 heteroatoms. The molecule has 0 spiro atoms. The summed E-state index contributed by atoms with van der Waals surface area (Å²) in [5.74, 6) is -0.712. The van der Waals surface area contributed by atoms with Crippen LogP contribution in [0.15, 0.2) is 16.3 Å². The number of sulfonamides is 1. The van der Waals surface area contributed by atoms with Crippen LogP contribution in [0.2, 0.25) is 0 Å². The lowest BCUT2D eigenvalue weighted by atomic mass is 10.4. The Hall–Kier alpha value is -2.07. The molecule has 2 heterocycles. The molecule has 3 N–H and O–H groups in total. The maximum atomic E-state index is 12.4. The van der Waals surface area contributed by atoms with Gasteiger partial charge in [0.25, 0.3) is 10.0 Å². The molecule has 2 aromatic rings. The van der Waals surface area contributed by atoms with E-state index in [1.165, 1.54) is 17.9 Å². The topological polar surface area (TPSA) is 116 Å². The van der Waals surface area contributed by atoms with E-state index < -0.39 is 16.0 Å². The Kier molecular flexibility index (Phi) is 3.92. The summed E-state index contributed by atoms with van der Waals surface area (Å²) >= 11 is 1.08. The Labute approximate surface area is 125 Å². The van der Waals surface area contributed by atoms with Crippen LogP contribution in [-0.2, 0) is 21.8 Å². The molecule has 0 amide bonds. The summed E-state index contributed by atoms with van der Waals surface area (Å²) in [7, 11) is -1.13. The van der Waals surface area contributed by atoms with Crippen molar-refractivity contribution in [1.82, 2.24) is 9.78 Å². The molecule has 0 radical (unpaired) electrons. The van der Waals surface area contributed by atoms with Crippen LogP contribution in [0.4, 0.5) is 11.5 Å². The van der Waals surface area contributed by atoms with E-state index in [1.54, 1.807) is 19.4 Å². The molecule has 2 aromatic heterocycles. The van der Waals surface area contributed by atoms with Crippen molar-refractivity contribution in [2.45, 2.75) is 11.8 Å². The van der Waals surface area contributed by atoms with Gasteiger partial charge in [-0.1, -0.05) is 0 Å². The first-order chi connectivity index (χ1) is 9.77. The number of nitrogens with two attached hydrogens (primary N) is 1. The number of aromatic nitrogens is 2. The molecule has 0 atom stereocenters. The molecule has 0 fully saturated rings. The summed E-state index contributed by atoms with van der Waals surface area (Å²) in [5, 5.41) is 5.45. The summed E-state index contributed by atoms with van der Waals surface area (Å²) in [5.41, 5.74) is 6.19. The molecule has 0 aliphatic carbocycles. The second kappa shape index (κ2) is 5.37. The van der Waals surface area contributed by atoms with Crippen molar-refractivity contribution >= 4 is 38.8 Å². The summed E-state index contributed by atoms with van der Waals surface area (Å²) in [6.07, 6.45) is 0. The number of thiophene rings is 1. The molecule has 0 bridgehead atoms. The molecule has 2 rings (SSSR count). The zero-order valence-corrected chi connectivity index (χ0v) is 13.2. The SMILES string of the molecule is COC(=O)c1sccc1NS(=O)(=O)c1c(N)nn(C)c1C. The zero-order chi connectivity index (χ0) is 15.8. The second-order valence-corrected chi connectivity index (χ2v) is 6.72. The van der Waals surface area contributed by atoms with Crippen LogP contribution in [0.3, 0.4) is 0 Å². The summed E-state index contributed by atoms with van der Waals surface area (Å²) in [6, 6.07) is 1.48. The number of methoxy groups -OCH3 is 1. The number of anilines is 2. The smallest absolute Gasteiger partial charge is 0.350 e. The normalized spacial score (nSPS) is 11.4. The van der Waals surface area contributed by atoms with Gasteiger partial charge in [-0.25, -0.2) is 13.2 Å². The van der Waals surface area contributed by atoms with Crippen LogP contribution in [0.5, 0.6) is 0 Å². The molecule has 0 unspecified atom stereocenters. The Balaban J connectivity index is 2.43. The van der Waals surface area contributed by atoms with Crippen molar-refractivity contribution in [3.05, 3.63) is 22.0 Å². The minimum Gasteiger partial charge on any atom is -0.465 e. The first-order valence-electron chi connectivity index (χ1n) is 5.75. The van der Waals surface area contributed by atoms with Gasteiger partial charge < -0.3 is 10.5 Å². The Morgan fingerprint density at radius 3 is 2.71 bits per heavy atom. The van der Waals surface area contributed by atoms with Crippen molar-refractivity contribution < 1.29 is 17.9 Å². The van der Waals surface area contributed by atoms with Gasteiger partial charge in [-0.15, -0.1) is 11.3 Å². The third kappa shape index (κ3) is 2.72. The predicted octanol–water partition coefficient (Wildman–Crippen LogP) is 0.960. The van der Waals surface area contributed by atoms with E-state index >= 15 is 0 Å². The number of hydrogen-bond acceptors (Lipinski definition) is 7. The van der Waals surface area contributed by atoms with Gasteiger partial charge >= 0.3 is 5.97 Å². The highest BCUT2D eigenvalue weighted by Gasteiger charge is 2.27. The van der Waals surface area contributed by atoms with Gasteiger partial charge in [0.1, 0.15) is 4.88 Å². The van der Waals surface area contributed by atoms with Crippen molar-refractivity contribution in [2.75, 3.05) is 17.6 Å². The number of nitrogens with one attached hydrogen (secondary N) is 1. The van der Waals surface area contributed by atoms with Gasteiger partial charge in [0.05, 0.1) is 18.5 Å². The molecule has 0 aliphatic heterocycles. The fraction of sp³-hybridized carbons (Fsp3) is 0.273. The number of esters is 1. The predicted molar refractivity (Wildman–Crippen MR) is 78.8 cm³/mol. The molecule has 0 saturated carbocycles. The van der Waals surface area contributed by atoms with E-state index in [4.69, 9.17) is 5.73 Å². The highest BCUT2D eigenvalue weighted by molar-refractivity contribution is 7.93. The van der Waals surface area contributed by atoms with Crippen molar-refractivity contribution in [2.24, 2.45) is 7.05 Å². The molecule has 0 saturated heterocycles. The number of carbonyl (C=O) groups is 1. The quantitative estimate of drug-likeness (QED) is 0.807. The highest BCUT2D eigenvalue weighted by Crippen LogP contribution is 2.28. The third-order valence-corrected chi connectivity index (χ3v) is 5.28. The maximum Gasteiger partial charge on any atom is 0.350 e. The lowest BCUT2D eigenvalue weighted by Gasteiger charge is -2.08. The van der Waals surface area contributed by atoms with E-state index in [9.17, 15) is 13.2 Å². The van der Waals surface area contributed by atoms with Gasteiger partial charge in [-0.3, -0.25) is 9.40 Å². The Bertz CT molecular complexity index is 791. The molecular formula is C11H14N4O4S2. The molecule has 8 nitrogen and oxygen atoms in total. The van der Waals surface area contributed by atoms with E-state index in [1.807, 2.05) is 0 Å². The van der Waals surface area contributed by atoms with Crippen LogP contribution >= 0.6 is 11.3 Å². The number of ether oxygens (including phenoxy) is 1. The van der Waals surface area contributed by atoms with Crippen LogP contribution < -0.4 is 10.5 Å². The maximum absolute atomic E-state index is 12.4. The van der Waals surface area contributed by atoms with Crippen molar-refractivity contribution in [3.63, 3.8) is 0 Å². The summed E-state index contributed by atoms with van der Waals surface area (Å²) in [6.45, 7) is 1.59. The lowest BCUT2D eigenvalue weighted by Crippen LogP contribution is -2.16. The highest BCUT2D eigenvalue weighted by atomic mass is 32.2. The average molecular weight is 330 g/mol. The van der Waals surface area contributed by atoms with Crippen LogP contribution in [-0.4, -0.2) is 31.3 Å². The second-order valence-electron chi connectivity index (χ2n) is 4.18. The van der Waals surface area contributed by atoms with Crippen LogP contribution in [0, 0.1) is 6.92 Å². The van der Waals surface area contributed by atoms with Gasteiger partial charge in [0, 0.05) is 7.05 Å². The number of nitrogen functional groups attached to an aromatic ring is 1. The van der Waals surface area contributed by atoms with Gasteiger partial charge in [-0.05, 0) is 18.4 Å².